The van der Waals surface area contributed by atoms with Gasteiger partial charge in [0.05, 0.1) is 4.90 Å². The molecule has 1 aromatic carbocycles. The van der Waals surface area contributed by atoms with Gasteiger partial charge in [0, 0.05) is 18.7 Å². The van der Waals surface area contributed by atoms with Crippen LogP contribution in [0, 0.1) is 0 Å². The van der Waals surface area contributed by atoms with Gasteiger partial charge in [0.25, 0.3) is 0 Å². The normalized spacial score (nSPS) is 11.3. The van der Waals surface area contributed by atoms with E-state index in [1.807, 2.05) is 6.92 Å². The van der Waals surface area contributed by atoms with Crippen LogP contribution >= 0.6 is 0 Å². The van der Waals surface area contributed by atoms with Gasteiger partial charge in [0.2, 0.25) is 15.9 Å². The number of amides is 1. The van der Waals surface area contributed by atoms with Crippen molar-refractivity contribution in [3.8, 4) is 0 Å². The Kier molecular flexibility index (Phi) is 5.46. The number of primary sulfonamides is 1. The highest BCUT2D eigenvalue weighted by molar-refractivity contribution is 7.89. The maximum absolute atomic E-state index is 11.6. The van der Waals surface area contributed by atoms with Crippen molar-refractivity contribution in [1.82, 2.24) is 5.32 Å². The summed E-state index contributed by atoms with van der Waals surface area (Å²) < 4.78 is 23.0. The number of nitrogens with two attached hydrogens (primary N) is 1. The van der Waals surface area contributed by atoms with Gasteiger partial charge in [0.1, 0.15) is 0 Å². The van der Waals surface area contributed by atoms with Crippen molar-refractivity contribution in [1.29, 1.82) is 0 Å². The quantitative estimate of drug-likeness (QED) is 0.706. The smallest absolute Gasteiger partial charge is 0.238 e. The van der Waals surface area contributed by atoms with Crippen LogP contribution in [0.1, 0.15) is 18.9 Å². The number of hydrogen-bond donors (Lipinski definition) is 3. The van der Waals surface area contributed by atoms with Gasteiger partial charge in [-0.05, 0) is 31.2 Å². The average molecular weight is 285 g/mol. The third kappa shape index (κ3) is 4.62. The molecule has 0 spiro atoms. The van der Waals surface area contributed by atoms with Crippen molar-refractivity contribution in [2.75, 3.05) is 18.9 Å². The highest BCUT2D eigenvalue weighted by Gasteiger charge is 2.14. The Morgan fingerprint density at radius 2 is 2.05 bits per heavy atom. The molecule has 1 amide bonds. The van der Waals surface area contributed by atoms with Gasteiger partial charge in [-0.3, -0.25) is 4.79 Å². The van der Waals surface area contributed by atoms with E-state index in [0.29, 0.717) is 30.6 Å². The minimum absolute atomic E-state index is 0.0569. The first-order chi connectivity index (χ1) is 8.88. The summed E-state index contributed by atoms with van der Waals surface area (Å²) in [5, 5.41) is 10.7. The lowest BCUT2D eigenvalue weighted by atomic mass is 10.1. The highest BCUT2D eigenvalue weighted by atomic mass is 32.2. The molecule has 106 valence electrons. The lowest BCUT2D eigenvalue weighted by molar-refractivity contribution is -0.116. The molecule has 0 aromatic heterocycles. The number of benzene rings is 1. The molecule has 19 heavy (non-hydrogen) atoms. The van der Waals surface area contributed by atoms with E-state index >= 15 is 0 Å². The van der Waals surface area contributed by atoms with E-state index in [-0.39, 0.29) is 10.8 Å². The second kappa shape index (κ2) is 6.65. The molecule has 6 nitrogen and oxygen atoms in total. The summed E-state index contributed by atoms with van der Waals surface area (Å²) in [5.74, 6) is -0.182. The lowest BCUT2D eigenvalue weighted by Gasteiger charge is -2.10. The molecule has 0 heterocycles. The first-order valence-corrected chi connectivity index (χ1v) is 7.53. The molecule has 0 saturated heterocycles. The van der Waals surface area contributed by atoms with Gasteiger partial charge in [-0.1, -0.05) is 13.0 Å². The molecule has 0 unspecified atom stereocenters. The molecule has 0 aliphatic heterocycles. The van der Waals surface area contributed by atoms with Gasteiger partial charge in [0.15, 0.2) is 0 Å². The largest absolute Gasteiger partial charge is 0.326 e. The number of nitrogens with one attached hydrogen (secondary N) is 2. The topological polar surface area (TPSA) is 101 Å². The summed E-state index contributed by atoms with van der Waals surface area (Å²) in [7, 11) is -2.03. The van der Waals surface area contributed by atoms with Gasteiger partial charge < -0.3 is 10.6 Å². The molecule has 4 N–H and O–H groups in total. The zero-order valence-electron chi connectivity index (χ0n) is 11.1. The standard InChI is InChI=1S/C12H19N3O3S/c1-3-9-4-5-10(8-11(9)19(13,17)18)15-12(16)6-7-14-2/h4-5,8,14H,3,6-7H2,1-2H3,(H,15,16)(H2,13,17,18). The number of hydrogen-bond acceptors (Lipinski definition) is 4. The van der Waals surface area contributed by atoms with Crippen molar-refractivity contribution < 1.29 is 13.2 Å². The molecule has 1 aromatic rings. The second-order valence-corrected chi connectivity index (χ2v) is 5.65. The Morgan fingerprint density at radius 3 is 2.58 bits per heavy atom. The van der Waals surface area contributed by atoms with Crippen LogP contribution in [0.5, 0.6) is 0 Å². The SMILES string of the molecule is CCc1ccc(NC(=O)CCNC)cc1S(N)(=O)=O. The number of carbonyl (C=O) groups is 1. The number of aryl methyl sites for hydroxylation is 1. The summed E-state index contributed by atoms with van der Waals surface area (Å²) in [6, 6.07) is 4.73. The Hall–Kier alpha value is -1.44. The number of rotatable bonds is 6. The molecule has 0 atom stereocenters. The van der Waals surface area contributed by atoms with Crippen molar-refractivity contribution in [2.24, 2.45) is 5.14 Å². The Balaban J connectivity index is 2.96. The number of sulfonamides is 1. The second-order valence-electron chi connectivity index (χ2n) is 4.12. The van der Waals surface area contributed by atoms with E-state index < -0.39 is 10.0 Å². The van der Waals surface area contributed by atoms with Crippen LogP contribution in [-0.4, -0.2) is 27.9 Å². The molecular weight excluding hydrogens is 266 g/mol. The predicted molar refractivity (Wildman–Crippen MR) is 74.4 cm³/mol. The molecule has 0 aliphatic rings. The van der Waals surface area contributed by atoms with Crippen LogP contribution in [0.25, 0.3) is 0 Å². The Labute approximate surface area is 113 Å². The maximum atomic E-state index is 11.6. The Bertz CT molecular complexity index is 555. The van der Waals surface area contributed by atoms with Crippen LogP contribution in [-0.2, 0) is 21.2 Å². The predicted octanol–water partition coefficient (Wildman–Crippen LogP) is 0.444. The van der Waals surface area contributed by atoms with Crippen molar-refractivity contribution in [3.05, 3.63) is 23.8 Å². The monoisotopic (exact) mass is 285 g/mol. The molecule has 0 saturated carbocycles. The van der Waals surface area contributed by atoms with E-state index in [0.717, 1.165) is 0 Å². The van der Waals surface area contributed by atoms with E-state index in [1.54, 1.807) is 19.2 Å². The van der Waals surface area contributed by atoms with Crippen LogP contribution in [0.15, 0.2) is 23.1 Å². The number of anilines is 1. The van der Waals surface area contributed by atoms with Crippen molar-refractivity contribution in [3.63, 3.8) is 0 Å². The fourth-order valence-corrected chi connectivity index (χ4v) is 2.52. The fraction of sp³-hybridized carbons (Fsp3) is 0.417. The van der Waals surface area contributed by atoms with E-state index in [4.69, 9.17) is 5.14 Å². The number of carbonyl (C=O) groups excluding carboxylic acids is 1. The Morgan fingerprint density at radius 1 is 1.37 bits per heavy atom. The molecule has 0 radical (unpaired) electrons. The van der Waals surface area contributed by atoms with E-state index in [2.05, 4.69) is 10.6 Å². The molecule has 0 aliphatic carbocycles. The molecular formula is C12H19N3O3S. The zero-order chi connectivity index (χ0) is 14.5. The van der Waals surface area contributed by atoms with Crippen LogP contribution in [0.4, 0.5) is 5.69 Å². The summed E-state index contributed by atoms with van der Waals surface area (Å²) in [6.45, 7) is 2.40. The van der Waals surface area contributed by atoms with Crippen LogP contribution in [0.2, 0.25) is 0 Å². The minimum atomic E-state index is -3.78. The minimum Gasteiger partial charge on any atom is -0.326 e. The van der Waals surface area contributed by atoms with Crippen molar-refractivity contribution in [2.45, 2.75) is 24.7 Å². The summed E-state index contributed by atoms with van der Waals surface area (Å²) in [5.41, 5.74) is 1.07. The van der Waals surface area contributed by atoms with Crippen molar-refractivity contribution >= 4 is 21.6 Å². The summed E-state index contributed by atoms with van der Waals surface area (Å²) >= 11 is 0. The average Bonchev–Trinajstić information content (AvgIpc) is 2.35. The van der Waals surface area contributed by atoms with Gasteiger partial charge in [-0.25, -0.2) is 13.6 Å². The third-order valence-electron chi connectivity index (χ3n) is 2.64. The van der Waals surface area contributed by atoms with E-state index in [1.165, 1.54) is 6.07 Å². The maximum Gasteiger partial charge on any atom is 0.238 e. The lowest BCUT2D eigenvalue weighted by Crippen LogP contribution is -2.19. The van der Waals surface area contributed by atoms with Crippen LogP contribution in [0.3, 0.4) is 0 Å². The van der Waals surface area contributed by atoms with E-state index in [9.17, 15) is 13.2 Å². The fourth-order valence-electron chi connectivity index (χ4n) is 1.65. The van der Waals surface area contributed by atoms with Gasteiger partial charge in [-0.2, -0.15) is 0 Å². The first-order valence-electron chi connectivity index (χ1n) is 5.98. The third-order valence-corrected chi connectivity index (χ3v) is 3.63. The van der Waals surface area contributed by atoms with Crippen LogP contribution < -0.4 is 15.8 Å². The molecule has 0 fully saturated rings. The van der Waals surface area contributed by atoms with Gasteiger partial charge in [-0.15, -0.1) is 0 Å². The molecule has 7 heteroatoms. The van der Waals surface area contributed by atoms with Gasteiger partial charge >= 0.3 is 0 Å². The highest BCUT2D eigenvalue weighted by Crippen LogP contribution is 2.20. The summed E-state index contributed by atoms with van der Waals surface area (Å²) in [6.07, 6.45) is 0.872. The summed E-state index contributed by atoms with van der Waals surface area (Å²) in [4.78, 5) is 11.6. The molecule has 1 rings (SSSR count). The first kappa shape index (κ1) is 15.6. The zero-order valence-corrected chi connectivity index (χ0v) is 11.9. The molecule has 0 bridgehead atoms.